The predicted molar refractivity (Wildman–Crippen MR) is 58.5 cm³/mol. The van der Waals surface area contributed by atoms with Crippen molar-refractivity contribution >= 4 is 16.9 Å². The van der Waals surface area contributed by atoms with Crippen LogP contribution in [0.5, 0.6) is 0 Å². The third-order valence-corrected chi connectivity index (χ3v) is 2.40. The van der Waals surface area contributed by atoms with Crippen LogP contribution >= 0.6 is 0 Å². The molecule has 0 bridgehead atoms. The summed E-state index contributed by atoms with van der Waals surface area (Å²) in [5.74, 6) is -1.41. The van der Waals surface area contributed by atoms with Gasteiger partial charge in [-0.05, 0) is 12.1 Å². The average Bonchev–Trinajstić information content (AvgIpc) is 2.25. The van der Waals surface area contributed by atoms with Crippen LogP contribution in [0.1, 0.15) is 16.1 Å². The van der Waals surface area contributed by atoms with Crippen molar-refractivity contribution in [3.05, 3.63) is 41.6 Å². The van der Waals surface area contributed by atoms with E-state index in [4.69, 9.17) is 5.11 Å². The second kappa shape index (κ2) is 4.29. The lowest BCUT2D eigenvalue weighted by Gasteiger charge is -2.09. The Morgan fingerprint density at radius 3 is 2.56 bits per heavy atom. The highest BCUT2D eigenvalue weighted by Gasteiger charge is 2.31. The highest BCUT2D eigenvalue weighted by molar-refractivity contribution is 5.94. The monoisotopic (exact) mass is 255 g/mol. The molecule has 1 aromatic heterocycles. The average molecular weight is 255 g/mol. The molecule has 0 saturated carbocycles. The number of para-hydroxylation sites is 1. The van der Waals surface area contributed by atoms with Crippen molar-refractivity contribution in [3.63, 3.8) is 0 Å². The zero-order valence-corrected chi connectivity index (χ0v) is 9.03. The lowest BCUT2D eigenvalue weighted by atomic mass is 10.1. The minimum Gasteiger partial charge on any atom is -0.478 e. The first-order valence-corrected chi connectivity index (χ1v) is 5.05. The SMILES string of the molecule is O=C(O)c1cc2ccccc2nc1CC(F)(F)F. The Hall–Kier alpha value is -2.11. The summed E-state index contributed by atoms with van der Waals surface area (Å²) < 4.78 is 37.1. The molecule has 0 unspecified atom stereocenters. The Balaban J connectivity index is 2.61. The summed E-state index contributed by atoms with van der Waals surface area (Å²) in [4.78, 5) is 14.7. The van der Waals surface area contributed by atoms with Crippen LogP contribution in [-0.2, 0) is 6.42 Å². The third-order valence-electron chi connectivity index (χ3n) is 2.40. The number of rotatable bonds is 2. The lowest BCUT2D eigenvalue weighted by Crippen LogP contribution is -2.16. The number of hydrogen-bond donors (Lipinski definition) is 1. The van der Waals surface area contributed by atoms with Gasteiger partial charge in [0.05, 0.1) is 23.2 Å². The van der Waals surface area contributed by atoms with Crippen molar-refractivity contribution in [2.75, 3.05) is 0 Å². The van der Waals surface area contributed by atoms with Crippen LogP contribution in [0.15, 0.2) is 30.3 Å². The van der Waals surface area contributed by atoms with E-state index in [1.165, 1.54) is 6.07 Å². The number of carboxylic acid groups (broad SMARTS) is 1. The van der Waals surface area contributed by atoms with E-state index >= 15 is 0 Å². The summed E-state index contributed by atoms with van der Waals surface area (Å²) in [6.45, 7) is 0. The van der Waals surface area contributed by atoms with E-state index in [-0.39, 0.29) is 0 Å². The van der Waals surface area contributed by atoms with Gasteiger partial charge in [-0.2, -0.15) is 13.2 Å². The van der Waals surface area contributed by atoms with Gasteiger partial charge >= 0.3 is 12.1 Å². The van der Waals surface area contributed by atoms with Crippen molar-refractivity contribution in [2.45, 2.75) is 12.6 Å². The van der Waals surface area contributed by atoms with Crippen molar-refractivity contribution in [3.8, 4) is 0 Å². The number of nitrogens with zero attached hydrogens (tertiary/aromatic N) is 1. The van der Waals surface area contributed by atoms with Crippen LogP contribution in [-0.4, -0.2) is 22.2 Å². The van der Waals surface area contributed by atoms with Crippen LogP contribution in [0.3, 0.4) is 0 Å². The van der Waals surface area contributed by atoms with Gasteiger partial charge < -0.3 is 5.11 Å². The second-order valence-corrected chi connectivity index (χ2v) is 3.77. The van der Waals surface area contributed by atoms with Crippen LogP contribution in [0, 0.1) is 0 Å². The maximum atomic E-state index is 12.4. The van der Waals surface area contributed by atoms with E-state index in [0.29, 0.717) is 10.9 Å². The molecule has 0 aliphatic heterocycles. The van der Waals surface area contributed by atoms with E-state index in [1.54, 1.807) is 24.3 Å². The Labute approximate surface area is 99.9 Å². The summed E-state index contributed by atoms with van der Waals surface area (Å²) in [7, 11) is 0. The molecule has 0 fully saturated rings. The molecule has 3 nitrogen and oxygen atoms in total. The van der Waals surface area contributed by atoms with Crippen molar-refractivity contribution in [2.24, 2.45) is 0 Å². The predicted octanol–water partition coefficient (Wildman–Crippen LogP) is 3.04. The summed E-state index contributed by atoms with van der Waals surface area (Å²) in [6, 6.07) is 7.66. The molecule has 0 amide bonds. The molecule has 6 heteroatoms. The minimum absolute atomic E-state index is 0.349. The first-order chi connectivity index (χ1) is 8.37. The van der Waals surface area contributed by atoms with E-state index in [1.807, 2.05) is 0 Å². The van der Waals surface area contributed by atoms with Gasteiger partial charge in [0.15, 0.2) is 0 Å². The van der Waals surface area contributed by atoms with Gasteiger partial charge in [-0.3, -0.25) is 4.98 Å². The summed E-state index contributed by atoms with van der Waals surface area (Å²) in [5.41, 5.74) is -0.526. The molecule has 2 aromatic rings. The first kappa shape index (κ1) is 12.3. The van der Waals surface area contributed by atoms with Gasteiger partial charge in [0.1, 0.15) is 0 Å². The van der Waals surface area contributed by atoms with Gasteiger partial charge in [0.25, 0.3) is 0 Å². The lowest BCUT2D eigenvalue weighted by molar-refractivity contribution is -0.127. The van der Waals surface area contributed by atoms with Crippen LogP contribution < -0.4 is 0 Å². The molecule has 94 valence electrons. The molecule has 0 atom stereocenters. The van der Waals surface area contributed by atoms with E-state index in [0.717, 1.165) is 0 Å². The number of alkyl halides is 3. The normalized spacial score (nSPS) is 11.7. The Morgan fingerprint density at radius 1 is 1.28 bits per heavy atom. The molecule has 0 aliphatic rings. The number of hydrogen-bond acceptors (Lipinski definition) is 2. The van der Waals surface area contributed by atoms with Crippen molar-refractivity contribution < 1.29 is 23.1 Å². The number of pyridine rings is 1. The minimum atomic E-state index is -4.49. The van der Waals surface area contributed by atoms with Crippen molar-refractivity contribution in [1.29, 1.82) is 0 Å². The van der Waals surface area contributed by atoms with Crippen molar-refractivity contribution in [1.82, 2.24) is 4.98 Å². The first-order valence-electron chi connectivity index (χ1n) is 5.05. The molecular weight excluding hydrogens is 247 g/mol. The molecule has 1 aromatic carbocycles. The number of aromatic nitrogens is 1. The maximum Gasteiger partial charge on any atom is 0.394 e. The topological polar surface area (TPSA) is 50.2 Å². The summed E-state index contributed by atoms with van der Waals surface area (Å²) >= 11 is 0. The zero-order valence-electron chi connectivity index (χ0n) is 9.03. The Bertz CT molecular complexity index is 608. The number of carboxylic acids is 1. The molecule has 0 saturated heterocycles. The van der Waals surface area contributed by atoms with Gasteiger partial charge in [-0.25, -0.2) is 4.79 Å². The highest BCUT2D eigenvalue weighted by Crippen LogP contribution is 2.24. The third kappa shape index (κ3) is 2.58. The number of aromatic carboxylic acids is 1. The molecule has 2 rings (SSSR count). The van der Waals surface area contributed by atoms with Crippen LogP contribution in [0.25, 0.3) is 10.9 Å². The molecule has 0 aliphatic carbocycles. The smallest absolute Gasteiger partial charge is 0.394 e. The van der Waals surface area contributed by atoms with E-state index in [9.17, 15) is 18.0 Å². The zero-order chi connectivity index (χ0) is 13.3. The fourth-order valence-electron chi connectivity index (χ4n) is 1.67. The highest BCUT2D eigenvalue weighted by atomic mass is 19.4. The number of benzene rings is 1. The van der Waals surface area contributed by atoms with Gasteiger partial charge in [-0.15, -0.1) is 0 Å². The second-order valence-electron chi connectivity index (χ2n) is 3.77. The fourth-order valence-corrected chi connectivity index (χ4v) is 1.67. The number of carbonyl (C=O) groups is 1. The largest absolute Gasteiger partial charge is 0.478 e. The Morgan fingerprint density at radius 2 is 1.94 bits per heavy atom. The summed E-state index contributed by atoms with van der Waals surface area (Å²) in [5, 5.41) is 9.42. The summed E-state index contributed by atoms with van der Waals surface area (Å²) in [6.07, 6.45) is -5.83. The van der Waals surface area contributed by atoms with Crippen LogP contribution in [0.2, 0.25) is 0 Å². The molecule has 1 N–H and O–H groups in total. The molecule has 0 spiro atoms. The number of fused-ring (bicyclic) bond motifs is 1. The van der Waals surface area contributed by atoms with Gasteiger partial charge in [0, 0.05) is 5.39 Å². The quantitative estimate of drug-likeness (QED) is 0.897. The standard InChI is InChI=1S/C12H8F3NO2/c13-12(14,15)6-10-8(11(17)18)5-7-3-1-2-4-9(7)16-10/h1-5H,6H2,(H,17,18). The molecule has 1 heterocycles. The van der Waals surface area contributed by atoms with Gasteiger partial charge in [-0.1, -0.05) is 18.2 Å². The van der Waals surface area contributed by atoms with Gasteiger partial charge in [0.2, 0.25) is 0 Å². The van der Waals surface area contributed by atoms with E-state index < -0.39 is 29.8 Å². The fraction of sp³-hybridized carbons (Fsp3) is 0.167. The molecule has 0 radical (unpaired) electrons. The molecule has 18 heavy (non-hydrogen) atoms. The molecular formula is C12H8F3NO2. The number of halogens is 3. The maximum absolute atomic E-state index is 12.4. The van der Waals surface area contributed by atoms with Crippen LogP contribution in [0.4, 0.5) is 13.2 Å². The van der Waals surface area contributed by atoms with E-state index in [2.05, 4.69) is 4.98 Å². The Kier molecular flexibility index (Phi) is 2.94.